The van der Waals surface area contributed by atoms with Crippen LogP contribution in [0.3, 0.4) is 0 Å². The number of hydrogen-bond acceptors (Lipinski definition) is 5. The predicted molar refractivity (Wildman–Crippen MR) is 142 cm³/mol. The van der Waals surface area contributed by atoms with E-state index in [-0.39, 0.29) is 23.5 Å². The van der Waals surface area contributed by atoms with Crippen molar-refractivity contribution in [1.29, 1.82) is 0 Å². The lowest BCUT2D eigenvalue weighted by Gasteiger charge is -2.33. The first-order valence-electron chi connectivity index (χ1n) is 12.8. The van der Waals surface area contributed by atoms with Crippen LogP contribution >= 0.6 is 0 Å². The largest absolute Gasteiger partial charge is 0.371 e. The standard InChI is InChI=1S/C28H34N4O4/c1-20-15-17-31(18-16-20)26-13-10-23(19-25(26)28(34)30-22-5-3-2-4-6-22)29-27(33)14-9-21-7-11-24(12-8-21)32(35)36/h7-14,19-20,22H,2-6,15-18H2,1H3,(H,29,33)(H,30,34). The molecular weight excluding hydrogens is 456 g/mol. The summed E-state index contributed by atoms with van der Waals surface area (Å²) in [6.45, 7) is 4.08. The fourth-order valence-electron chi connectivity index (χ4n) is 4.89. The van der Waals surface area contributed by atoms with Crippen LogP contribution in [-0.2, 0) is 4.79 Å². The zero-order valence-corrected chi connectivity index (χ0v) is 20.7. The van der Waals surface area contributed by atoms with Gasteiger partial charge in [-0.2, -0.15) is 0 Å². The number of nitrogens with one attached hydrogen (secondary N) is 2. The third-order valence-corrected chi connectivity index (χ3v) is 7.10. The van der Waals surface area contributed by atoms with Crippen molar-refractivity contribution in [1.82, 2.24) is 5.32 Å². The van der Waals surface area contributed by atoms with E-state index in [2.05, 4.69) is 22.5 Å². The Kier molecular flexibility index (Phi) is 8.36. The summed E-state index contributed by atoms with van der Waals surface area (Å²) in [6, 6.07) is 11.7. The maximum Gasteiger partial charge on any atom is 0.269 e. The van der Waals surface area contributed by atoms with E-state index in [1.165, 1.54) is 24.6 Å². The summed E-state index contributed by atoms with van der Waals surface area (Å²) in [5.41, 5.74) is 2.73. The fraction of sp³-hybridized carbons (Fsp3) is 0.429. The molecule has 0 bridgehead atoms. The minimum absolute atomic E-state index is 0.00103. The Morgan fingerprint density at radius 1 is 1.00 bits per heavy atom. The minimum Gasteiger partial charge on any atom is -0.371 e. The lowest BCUT2D eigenvalue weighted by Crippen LogP contribution is -2.38. The number of nitro benzene ring substituents is 1. The van der Waals surface area contributed by atoms with Gasteiger partial charge in [0.25, 0.3) is 11.6 Å². The van der Waals surface area contributed by atoms with Crippen molar-refractivity contribution in [3.63, 3.8) is 0 Å². The second kappa shape index (κ2) is 11.8. The molecule has 2 amide bonds. The number of hydrogen-bond donors (Lipinski definition) is 2. The van der Waals surface area contributed by atoms with E-state index >= 15 is 0 Å². The number of nitro groups is 1. The molecule has 36 heavy (non-hydrogen) atoms. The van der Waals surface area contributed by atoms with Crippen LogP contribution in [-0.4, -0.2) is 35.9 Å². The second-order valence-corrected chi connectivity index (χ2v) is 9.88. The lowest BCUT2D eigenvalue weighted by molar-refractivity contribution is -0.384. The number of amides is 2. The van der Waals surface area contributed by atoms with Crippen LogP contribution in [0.5, 0.6) is 0 Å². The van der Waals surface area contributed by atoms with Gasteiger partial charge in [-0.05, 0) is 73.6 Å². The van der Waals surface area contributed by atoms with Gasteiger partial charge in [0.05, 0.1) is 10.5 Å². The Balaban J connectivity index is 1.49. The number of carbonyl (C=O) groups is 2. The first-order chi connectivity index (χ1) is 17.4. The molecule has 0 radical (unpaired) electrons. The molecule has 0 atom stereocenters. The van der Waals surface area contributed by atoms with E-state index in [0.717, 1.165) is 57.3 Å². The smallest absolute Gasteiger partial charge is 0.269 e. The molecule has 1 aliphatic heterocycles. The van der Waals surface area contributed by atoms with E-state index in [1.807, 2.05) is 12.1 Å². The molecule has 190 valence electrons. The number of piperidine rings is 1. The number of rotatable bonds is 7. The van der Waals surface area contributed by atoms with Crippen molar-refractivity contribution in [3.8, 4) is 0 Å². The van der Waals surface area contributed by atoms with Crippen LogP contribution in [0.15, 0.2) is 48.5 Å². The normalized spacial score (nSPS) is 17.2. The Labute approximate surface area is 211 Å². The number of anilines is 2. The Morgan fingerprint density at radius 3 is 2.36 bits per heavy atom. The van der Waals surface area contributed by atoms with Gasteiger partial charge in [0, 0.05) is 48.7 Å². The van der Waals surface area contributed by atoms with E-state index in [9.17, 15) is 19.7 Å². The van der Waals surface area contributed by atoms with Gasteiger partial charge in [0.2, 0.25) is 5.91 Å². The Bertz CT molecular complexity index is 1110. The van der Waals surface area contributed by atoms with Gasteiger partial charge in [-0.15, -0.1) is 0 Å². The molecule has 1 heterocycles. The third kappa shape index (κ3) is 6.71. The van der Waals surface area contributed by atoms with Crippen molar-refractivity contribution in [3.05, 3.63) is 69.8 Å². The quantitative estimate of drug-likeness (QED) is 0.301. The summed E-state index contributed by atoms with van der Waals surface area (Å²) < 4.78 is 0. The zero-order valence-electron chi connectivity index (χ0n) is 20.7. The summed E-state index contributed by atoms with van der Waals surface area (Å²) in [7, 11) is 0. The van der Waals surface area contributed by atoms with Crippen molar-refractivity contribution in [2.24, 2.45) is 5.92 Å². The van der Waals surface area contributed by atoms with Crippen LogP contribution in [0, 0.1) is 16.0 Å². The molecular formula is C28H34N4O4. The molecule has 8 nitrogen and oxygen atoms in total. The summed E-state index contributed by atoms with van der Waals surface area (Å²) >= 11 is 0. The molecule has 1 aliphatic carbocycles. The van der Waals surface area contributed by atoms with E-state index in [1.54, 1.807) is 24.3 Å². The third-order valence-electron chi connectivity index (χ3n) is 7.10. The van der Waals surface area contributed by atoms with Gasteiger partial charge in [-0.1, -0.05) is 26.2 Å². The average molecular weight is 491 g/mol. The minimum atomic E-state index is -0.462. The monoisotopic (exact) mass is 490 g/mol. The summed E-state index contributed by atoms with van der Waals surface area (Å²) in [4.78, 5) is 38.5. The molecule has 2 fully saturated rings. The van der Waals surface area contributed by atoms with Gasteiger partial charge >= 0.3 is 0 Å². The fourth-order valence-corrected chi connectivity index (χ4v) is 4.89. The number of non-ortho nitro benzene ring substituents is 1. The number of benzene rings is 2. The molecule has 2 N–H and O–H groups in total. The van der Waals surface area contributed by atoms with E-state index in [4.69, 9.17) is 0 Å². The molecule has 0 unspecified atom stereocenters. The molecule has 0 aromatic heterocycles. The summed E-state index contributed by atoms with van der Waals surface area (Å²) in [5, 5.41) is 16.9. The Hall–Kier alpha value is -3.68. The van der Waals surface area contributed by atoms with Crippen molar-refractivity contribution in [2.45, 2.75) is 57.9 Å². The van der Waals surface area contributed by atoms with Crippen molar-refractivity contribution >= 4 is 35.0 Å². The average Bonchev–Trinajstić information content (AvgIpc) is 2.89. The van der Waals surface area contributed by atoms with Crippen LogP contribution in [0.4, 0.5) is 17.1 Å². The van der Waals surface area contributed by atoms with Gasteiger partial charge in [0.15, 0.2) is 0 Å². The highest BCUT2D eigenvalue weighted by atomic mass is 16.6. The molecule has 2 aliphatic rings. The highest BCUT2D eigenvalue weighted by Crippen LogP contribution is 2.29. The first-order valence-corrected chi connectivity index (χ1v) is 12.8. The predicted octanol–water partition coefficient (Wildman–Crippen LogP) is 5.55. The molecule has 8 heteroatoms. The molecule has 1 saturated carbocycles. The van der Waals surface area contributed by atoms with Gasteiger partial charge in [-0.25, -0.2) is 0 Å². The maximum absolute atomic E-state index is 13.4. The van der Waals surface area contributed by atoms with Crippen LogP contribution in [0.2, 0.25) is 0 Å². The van der Waals surface area contributed by atoms with E-state index in [0.29, 0.717) is 22.7 Å². The molecule has 1 saturated heterocycles. The van der Waals surface area contributed by atoms with Gasteiger partial charge in [0.1, 0.15) is 0 Å². The van der Waals surface area contributed by atoms with Gasteiger partial charge < -0.3 is 15.5 Å². The SMILES string of the molecule is CC1CCN(c2ccc(NC(=O)C=Cc3ccc([N+](=O)[O-])cc3)cc2C(=O)NC2CCCCC2)CC1. The Morgan fingerprint density at radius 2 is 1.69 bits per heavy atom. The maximum atomic E-state index is 13.4. The van der Waals surface area contributed by atoms with Crippen LogP contribution in [0.1, 0.15) is 67.8 Å². The first kappa shape index (κ1) is 25.4. The summed E-state index contributed by atoms with van der Waals surface area (Å²) in [6.07, 6.45) is 10.7. The zero-order chi connectivity index (χ0) is 25.5. The lowest BCUT2D eigenvalue weighted by atomic mass is 9.95. The number of nitrogens with zero attached hydrogens (tertiary/aromatic N) is 2. The molecule has 2 aromatic rings. The van der Waals surface area contributed by atoms with Gasteiger partial charge in [-0.3, -0.25) is 19.7 Å². The van der Waals surface area contributed by atoms with E-state index < -0.39 is 4.92 Å². The van der Waals surface area contributed by atoms with Crippen LogP contribution < -0.4 is 15.5 Å². The number of carbonyl (C=O) groups excluding carboxylic acids is 2. The van der Waals surface area contributed by atoms with Crippen LogP contribution in [0.25, 0.3) is 6.08 Å². The second-order valence-electron chi connectivity index (χ2n) is 9.88. The van der Waals surface area contributed by atoms with Crippen molar-refractivity contribution in [2.75, 3.05) is 23.3 Å². The summed E-state index contributed by atoms with van der Waals surface area (Å²) in [5.74, 6) is 0.251. The molecule has 0 spiro atoms. The van der Waals surface area contributed by atoms with Crippen molar-refractivity contribution < 1.29 is 14.5 Å². The highest BCUT2D eigenvalue weighted by Gasteiger charge is 2.24. The molecule has 4 rings (SSSR count). The highest BCUT2D eigenvalue weighted by molar-refractivity contribution is 6.05. The molecule has 2 aromatic carbocycles. The topological polar surface area (TPSA) is 105 Å².